The maximum atomic E-state index is 13.4. The molecular formula is C20H15F3N4O. The second-order valence-electron chi connectivity index (χ2n) is 5.71. The Hall–Kier alpha value is -3.60. The average Bonchev–Trinajstić information content (AvgIpc) is 2.69. The highest BCUT2D eigenvalue weighted by Crippen LogP contribution is 2.38. The van der Waals surface area contributed by atoms with Crippen LogP contribution >= 0.6 is 0 Å². The van der Waals surface area contributed by atoms with Crippen molar-refractivity contribution < 1.29 is 17.9 Å². The van der Waals surface area contributed by atoms with Crippen LogP contribution in [0.4, 0.5) is 24.8 Å². The Labute approximate surface area is 159 Å². The van der Waals surface area contributed by atoms with Crippen LogP contribution in [0.25, 0.3) is 0 Å². The minimum atomic E-state index is -4.67. The Morgan fingerprint density at radius 1 is 1.11 bits per heavy atom. The molecule has 0 amide bonds. The first-order valence-electron chi connectivity index (χ1n) is 8.37. The van der Waals surface area contributed by atoms with E-state index in [1.54, 1.807) is 54.3 Å². The molecule has 0 aliphatic carbocycles. The van der Waals surface area contributed by atoms with Gasteiger partial charge in [-0.3, -0.25) is 0 Å². The van der Waals surface area contributed by atoms with Crippen LogP contribution in [0.5, 0.6) is 11.6 Å². The molecule has 3 rings (SSSR count). The molecular weight excluding hydrogens is 369 g/mol. The number of anilines is 2. The monoisotopic (exact) mass is 384 g/mol. The largest absolute Gasteiger partial charge is 0.438 e. The molecule has 1 heterocycles. The third kappa shape index (κ3) is 4.20. The number of aromatic nitrogens is 2. The van der Waals surface area contributed by atoms with Crippen LogP contribution < -0.4 is 9.64 Å². The number of rotatable bonds is 5. The standard InChI is InChI=1S/C20H15F3N4O/c1-2-27(15-8-6-7-14(11-15)12-24)19-25-13-17(20(21,22)23)18(26-19)28-16-9-4-3-5-10-16/h3-11,13H,2H2,1H3. The second kappa shape index (κ2) is 7.96. The number of halogens is 3. The van der Waals surface area contributed by atoms with E-state index in [1.165, 1.54) is 12.1 Å². The van der Waals surface area contributed by atoms with Gasteiger partial charge in [0.1, 0.15) is 11.3 Å². The molecule has 0 unspecified atom stereocenters. The van der Waals surface area contributed by atoms with E-state index in [9.17, 15) is 13.2 Å². The Morgan fingerprint density at radius 3 is 2.50 bits per heavy atom. The fourth-order valence-corrected chi connectivity index (χ4v) is 2.54. The topological polar surface area (TPSA) is 62.0 Å². The normalized spacial score (nSPS) is 11.0. The van der Waals surface area contributed by atoms with Crippen molar-refractivity contribution in [1.82, 2.24) is 9.97 Å². The molecule has 0 radical (unpaired) electrons. The summed E-state index contributed by atoms with van der Waals surface area (Å²) in [5.74, 6) is -0.317. The first-order chi connectivity index (χ1) is 13.4. The lowest BCUT2D eigenvalue weighted by Gasteiger charge is -2.22. The maximum Gasteiger partial charge on any atom is 0.423 e. The molecule has 2 aromatic carbocycles. The molecule has 8 heteroatoms. The van der Waals surface area contributed by atoms with E-state index in [0.29, 0.717) is 24.0 Å². The Bertz CT molecular complexity index is 1000. The van der Waals surface area contributed by atoms with Crippen LogP contribution in [-0.4, -0.2) is 16.5 Å². The molecule has 3 aromatic rings. The number of hydrogen-bond donors (Lipinski definition) is 0. The fourth-order valence-electron chi connectivity index (χ4n) is 2.54. The summed E-state index contributed by atoms with van der Waals surface area (Å²) in [5, 5.41) is 9.08. The number of ether oxygens (including phenoxy) is 1. The quantitative estimate of drug-likeness (QED) is 0.596. The first kappa shape index (κ1) is 19.2. The molecule has 5 nitrogen and oxygen atoms in total. The van der Waals surface area contributed by atoms with Crippen molar-refractivity contribution in [1.29, 1.82) is 5.26 Å². The summed E-state index contributed by atoms with van der Waals surface area (Å²) in [4.78, 5) is 9.51. The van der Waals surface area contributed by atoms with Crippen molar-refractivity contribution in [3.63, 3.8) is 0 Å². The lowest BCUT2D eigenvalue weighted by molar-refractivity contribution is -0.139. The highest BCUT2D eigenvalue weighted by Gasteiger charge is 2.37. The molecule has 28 heavy (non-hydrogen) atoms. The smallest absolute Gasteiger partial charge is 0.423 e. The molecule has 0 saturated carbocycles. The minimum Gasteiger partial charge on any atom is -0.438 e. The average molecular weight is 384 g/mol. The van der Waals surface area contributed by atoms with Crippen molar-refractivity contribution in [2.45, 2.75) is 13.1 Å². The molecule has 0 spiro atoms. The maximum absolute atomic E-state index is 13.4. The number of para-hydroxylation sites is 1. The van der Waals surface area contributed by atoms with E-state index in [4.69, 9.17) is 10.00 Å². The molecule has 0 aliphatic rings. The van der Waals surface area contributed by atoms with Gasteiger partial charge in [0.25, 0.3) is 0 Å². The molecule has 0 atom stereocenters. The number of nitriles is 1. The molecule has 142 valence electrons. The Morgan fingerprint density at radius 2 is 1.86 bits per heavy atom. The minimum absolute atomic E-state index is 0.0384. The Balaban J connectivity index is 2.06. The van der Waals surface area contributed by atoms with E-state index in [1.807, 2.05) is 6.07 Å². The first-order valence-corrected chi connectivity index (χ1v) is 8.37. The van der Waals surface area contributed by atoms with Crippen molar-refractivity contribution in [2.24, 2.45) is 0 Å². The van der Waals surface area contributed by atoms with Gasteiger partial charge in [0.15, 0.2) is 0 Å². The summed E-state index contributed by atoms with van der Waals surface area (Å²) in [6.45, 7) is 2.18. The second-order valence-corrected chi connectivity index (χ2v) is 5.71. The van der Waals surface area contributed by atoms with Crippen LogP contribution in [-0.2, 0) is 6.18 Å². The molecule has 0 fully saturated rings. The van der Waals surface area contributed by atoms with E-state index >= 15 is 0 Å². The summed E-state index contributed by atoms with van der Waals surface area (Å²) < 4.78 is 45.5. The predicted octanol–water partition coefficient (Wildman–Crippen LogP) is 5.32. The lowest BCUT2D eigenvalue weighted by Crippen LogP contribution is -2.20. The number of hydrogen-bond acceptors (Lipinski definition) is 5. The third-order valence-electron chi connectivity index (χ3n) is 3.85. The predicted molar refractivity (Wildman–Crippen MR) is 97.4 cm³/mol. The SMILES string of the molecule is CCN(c1cccc(C#N)c1)c1ncc(C(F)(F)F)c(Oc2ccccc2)n1. The van der Waals surface area contributed by atoms with Gasteiger partial charge in [-0.1, -0.05) is 24.3 Å². The van der Waals surface area contributed by atoms with E-state index < -0.39 is 17.6 Å². The highest BCUT2D eigenvalue weighted by atomic mass is 19.4. The number of alkyl halides is 3. The summed E-state index contributed by atoms with van der Waals surface area (Å²) >= 11 is 0. The zero-order chi connectivity index (χ0) is 20.1. The number of nitrogens with zero attached hydrogens (tertiary/aromatic N) is 4. The zero-order valence-corrected chi connectivity index (χ0v) is 14.8. The Kier molecular flexibility index (Phi) is 5.45. The summed E-state index contributed by atoms with van der Waals surface area (Å²) in [6.07, 6.45) is -3.96. The summed E-state index contributed by atoms with van der Waals surface area (Å²) in [6, 6.07) is 16.8. The van der Waals surface area contributed by atoms with E-state index in [2.05, 4.69) is 9.97 Å². The van der Waals surface area contributed by atoms with Gasteiger partial charge in [-0.2, -0.15) is 23.4 Å². The van der Waals surface area contributed by atoms with Crippen LogP contribution in [0.2, 0.25) is 0 Å². The number of benzene rings is 2. The third-order valence-corrected chi connectivity index (χ3v) is 3.85. The van der Waals surface area contributed by atoms with Gasteiger partial charge < -0.3 is 9.64 Å². The van der Waals surface area contributed by atoms with Crippen molar-refractivity contribution in [3.8, 4) is 17.7 Å². The van der Waals surface area contributed by atoms with Gasteiger partial charge in [-0.15, -0.1) is 0 Å². The molecule has 0 bridgehead atoms. The molecule has 0 N–H and O–H groups in total. The van der Waals surface area contributed by atoms with Crippen LogP contribution in [0.15, 0.2) is 60.8 Å². The van der Waals surface area contributed by atoms with Gasteiger partial charge in [0.05, 0.1) is 11.6 Å². The van der Waals surface area contributed by atoms with Gasteiger partial charge in [0, 0.05) is 18.4 Å². The zero-order valence-electron chi connectivity index (χ0n) is 14.8. The van der Waals surface area contributed by atoms with Gasteiger partial charge >= 0.3 is 6.18 Å². The molecule has 1 aromatic heterocycles. The van der Waals surface area contributed by atoms with E-state index in [-0.39, 0.29) is 11.7 Å². The van der Waals surface area contributed by atoms with E-state index in [0.717, 1.165) is 0 Å². The summed E-state index contributed by atoms with van der Waals surface area (Å²) in [7, 11) is 0. The van der Waals surface area contributed by atoms with Crippen LogP contribution in [0, 0.1) is 11.3 Å². The highest BCUT2D eigenvalue weighted by molar-refractivity contribution is 5.60. The van der Waals surface area contributed by atoms with Crippen LogP contribution in [0.1, 0.15) is 18.1 Å². The van der Waals surface area contributed by atoms with Crippen molar-refractivity contribution >= 4 is 11.6 Å². The van der Waals surface area contributed by atoms with Crippen molar-refractivity contribution in [3.05, 3.63) is 71.9 Å². The molecule has 0 aliphatic heterocycles. The lowest BCUT2D eigenvalue weighted by atomic mass is 10.2. The fraction of sp³-hybridized carbons (Fsp3) is 0.150. The van der Waals surface area contributed by atoms with Gasteiger partial charge in [-0.05, 0) is 37.3 Å². The van der Waals surface area contributed by atoms with Crippen LogP contribution in [0.3, 0.4) is 0 Å². The summed E-state index contributed by atoms with van der Waals surface area (Å²) in [5.41, 5.74) is -0.0578. The van der Waals surface area contributed by atoms with Gasteiger partial charge in [-0.25, -0.2) is 4.98 Å². The molecule has 0 saturated heterocycles. The van der Waals surface area contributed by atoms with Crippen molar-refractivity contribution in [2.75, 3.05) is 11.4 Å². The van der Waals surface area contributed by atoms with Gasteiger partial charge in [0.2, 0.25) is 11.8 Å².